The smallest absolute Gasteiger partial charge is 0.207 e. The number of imidazole rings is 1. The fraction of sp³-hybridized carbons (Fsp3) is 0.182. The van der Waals surface area contributed by atoms with Crippen LogP contribution in [0, 0.1) is 6.92 Å². The lowest BCUT2D eigenvalue weighted by Gasteiger charge is -2.18. The van der Waals surface area contributed by atoms with Crippen molar-refractivity contribution in [3.8, 4) is 0 Å². The van der Waals surface area contributed by atoms with E-state index in [0.29, 0.717) is 0 Å². The Kier molecular flexibility index (Phi) is 2.23. The highest BCUT2D eigenvalue weighted by Crippen LogP contribution is 2.22. The molecular weight excluding hydrogens is 174 g/mol. The molecular formula is C11H13N3. The largest absolute Gasteiger partial charge is 0.331 e. The van der Waals surface area contributed by atoms with Crippen molar-refractivity contribution in [2.24, 2.45) is 0 Å². The summed E-state index contributed by atoms with van der Waals surface area (Å²) in [4.78, 5) is 9.32. The molecule has 0 radical (unpaired) electrons. The summed E-state index contributed by atoms with van der Waals surface area (Å²) < 4.78 is 0. The van der Waals surface area contributed by atoms with Crippen LogP contribution in [0.4, 0.5) is 11.6 Å². The fourth-order valence-corrected chi connectivity index (χ4v) is 1.49. The van der Waals surface area contributed by atoms with Crippen molar-refractivity contribution in [2.45, 2.75) is 6.92 Å². The number of benzene rings is 1. The third-order valence-electron chi connectivity index (χ3n) is 2.28. The van der Waals surface area contributed by atoms with Crippen molar-refractivity contribution in [3.63, 3.8) is 0 Å². The van der Waals surface area contributed by atoms with Crippen molar-refractivity contribution in [1.82, 2.24) is 9.97 Å². The van der Waals surface area contributed by atoms with Gasteiger partial charge in [-0.05, 0) is 18.6 Å². The van der Waals surface area contributed by atoms with E-state index in [1.807, 2.05) is 30.3 Å². The van der Waals surface area contributed by atoms with Crippen molar-refractivity contribution < 1.29 is 0 Å². The highest BCUT2D eigenvalue weighted by atomic mass is 15.2. The lowest BCUT2D eigenvalue weighted by Crippen LogP contribution is -2.12. The Morgan fingerprint density at radius 1 is 1.29 bits per heavy atom. The topological polar surface area (TPSA) is 31.9 Å². The molecule has 0 saturated heterocycles. The average molecular weight is 187 g/mol. The molecule has 1 aromatic heterocycles. The first-order valence-corrected chi connectivity index (χ1v) is 4.58. The molecule has 0 amide bonds. The van der Waals surface area contributed by atoms with Gasteiger partial charge in [0.05, 0.1) is 0 Å². The van der Waals surface area contributed by atoms with Crippen molar-refractivity contribution in [3.05, 3.63) is 42.2 Å². The number of hydrogen-bond donors (Lipinski definition) is 1. The van der Waals surface area contributed by atoms with Crippen LogP contribution in [0.3, 0.4) is 0 Å². The van der Waals surface area contributed by atoms with Crippen molar-refractivity contribution in [2.75, 3.05) is 11.9 Å². The maximum atomic E-state index is 4.20. The molecule has 0 atom stereocenters. The van der Waals surface area contributed by atoms with Crippen LogP contribution >= 0.6 is 0 Å². The monoisotopic (exact) mass is 187 g/mol. The van der Waals surface area contributed by atoms with Crippen LogP contribution in [0.1, 0.15) is 5.56 Å². The standard InChI is InChI=1S/C11H13N3/c1-9-5-3-4-6-10(9)14(2)11-12-7-8-13-11/h3-8H,1-2H3,(H,12,13). The van der Waals surface area contributed by atoms with Gasteiger partial charge in [-0.15, -0.1) is 0 Å². The third kappa shape index (κ3) is 1.48. The van der Waals surface area contributed by atoms with Gasteiger partial charge in [0, 0.05) is 25.1 Å². The summed E-state index contributed by atoms with van der Waals surface area (Å²) in [5.74, 6) is 0.860. The first-order valence-electron chi connectivity index (χ1n) is 4.58. The summed E-state index contributed by atoms with van der Waals surface area (Å²) in [6.07, 6.45) is 3.58. The van der Waals surface area contributed by atoms with E-state index in [0.717, 1.165) is 5.95 Å². The molecule has 0 aliphatic rings. The molecule has 3 nitrogen and oxygen atoms in total. The minimum absolute atomic E-state index is 0.860. The first-order chi connectivity index (χ1) is 6.79. The van der Waals surface area contributed by atoms with E-state index in [1.165, 1.54) is 11.3 Å². The molecule has 2 aromatic rings. The van der Waals surface area contributed by atoms with Gasteiger partial charge in [0.1, 0.15) is 0 Å². The Bertz CT molecular complexity index is 406. The molecule has 3 heteroatoms. The molecule has 0 fully saturated rings. The summed E-state index contributed by atoms with van der Waals surface area (Å²) in [6.45, 7) is 2.09. The van der Waals surface area contributed by atoms with Crippen molar-refractivity contribution in [1.29, 1.82) is 0 Å². The van der Waals surface area contributed by atoms with Gasteiger partial charge in [0.25, 0.3) is 0 Å². The van der Waals surface area contributed by atoms with Crippen LogP contribution in [0.2, 0.25) is 0 Å². The summed E-state index contributed by atoms with van der Waals surface area (Å²) in [5, 5.41) is 0. The van der Waals surface area contributed by atoms with Gasteiger partial charge in [-0.25, -0.2) is 4.98 Å². The minimum Gasteiger partial charge on any atom is -0.331 e. The number of H-pyrrole nitrogens is 1. The molecule has 14 heavy (non-hydrogen) atoms. The zero-order valence-corrected chi connectivity index (χ0v) is 8.36. The van der Waals surface area contributed by atoms with Gasteiger partial charge in [-0.3, -0.25) is 0 Å². The second-order valence-electron chi connectivity index (χ2n) is 3.26. The highest BCUT2D eigenvalue weighted by molar-refractivity contribution is 5.60. The zero-order valence-electron chi connectivity index (χ0n) is 8.36. The van der Waals surface area contributed by atoms with E-state index in [4.69, 9.17) is 0 Å². The molecule has 0 aliphatic heterocycles. The van der Waals surface area contributed by atoms with E-state index in [-0.39, 0.29) is 0 Å². The maximum Gasteiger partial charge on any atom is 0.207 e. The van der Waals surface area contributed by atoms with Crippen LogP contribution in [0.5, 0.6) is 0 Å². The molecule has 1 N–H and O–H groups in total. The first kappa shape index (κ1) is 8.81. The van der Waals surface area contributed by atoms with Gasteiger partial charge >= 0.3 is 0 Å². The van der Waals surface area contributed by atoms with Gasteiger partial charge in [0.2, 0.25) is 5.95 Å². The number of para-hydroxylation sites is 1. The number of anilines is 2. The Morgan fingerprint density at radius 3 is 2.71 bits per heavy atom. The van der Waals surface area contributed by atoms with Crippen molar-refractivity contribution >= 4 is 11.6 Å². The number of nitrogens with zero attached hydrogens (tertiary/aromatic N) is 2. The number of aromatic amines is 1. The average Bonchev–Trinajstić information content (AvgIpc) is 2.70. The Balaban J connectivity index is 2.37. The molecule has 0 saturated carbocycles. The predicted octanol–water partition coefficient (Wildman–Crippen LogP) is 2.49. The van der Waals surface area contributed by atoms with E-state index in [1.54, 1.807) is 6.20 Å². The summed E-state index contributed by atoms with van der Waals surface area (Å²) in [5.41, 5.74) is 2.41. The SMILES string of the molecule is Cc1ccccc1N(C)c1ncc[nH]1. The van der Waals surface area contributed by atoms with Crippen LogP contribution < -0.4 is 4.90 Å². The molecule has 0 bridgehead atoms. The highest BCUT2D eigenvalue weighted by Gasteiger charge is 2.06. The lowest BCUT2D eigenvalue weighted by atomic mass is 10.2. The molecule has 72 valence electrons. The van der Waals surface area contributed by atoms with E-state index in [9.17, 15) is 0 Å². The fourth-order valence-electron chi connectivity index (χ4n) is 1.49. The lowest BCUT2D eigenvalue weighted by molar-refractivity contribution is 1.08. The van der Waals surface area contributed by atoms with Crippen LogP contribution in [-0.2, 0) is 0 Å². The third-order valence-corrected chi connectivity index (χ3v) is 2.28. The summed E-state index contributed by atoms with van der Waals surface area (Å²) >= 11 is 0. The number of nitrogens with one attached hydrogen (secondary N) is 1. The van der Waals surface area contributed by atoms with Gasteiger partial charge in [-0.1, -0.05) is 18.2 Å². The Labute approximate surface area is 83.4 Å². The Morgan fingerprint density at radius 2 is 2.07 bits per heavy atom. The quantitative estimate of drug-likeness (QED) is 0.783. The van der Waals surface area contributed by atoms with E-state index < -0.39 is 0 Å². The Hall–Kier alpha value is -1.77. The minimum atomic E-state index is 0.860. The maximum absolute atomic E-state index is 4.20. The molecule has 0 aliphatic carbocycles. The van der Waals surface area contributed by atoms with Crippen LogP contribution in [0.15, 0.2) is 36.7 Å². The normalized spacial score (nSPS) is 10.1. The van der Waals surface area contributed by atoms with Gasteiger partial charge in [-0.2, -0.15) is 0 Å². The van der Waals surface area contributed by atoms with E-state index in [2.05, 4.69) is 29.0 Å². The molecule has 0 spiro atoms. The number of aromatic nitrogens is 2. The van der Waals surface area contributed by atoms with Crippen LogP contribution in [-0.4, -0.2) is 17.0 Å². The summed E-state index contributed by atoms with van der Waals surface area (Å²) in [7, 11) is 2.00. The molecule has 1 aromatic carbocycles. The van der Waals surface area contributed by atoms with Gasteiger partial charge in [0.15, 0.2) is 0 Å². The molecule has 2 rings (SSSR count). The number of rotatable bonds is 2. The van der Waals surface area contributed by atoms with E-state index >= 15 is 0 Å². The van der Waals surface area contributed by atoms with Crippen LogP contribution in [0.25, 0.3) is 0 Å². The predicted molar refractivity (Wildman–Crippen MR) is 57.8 cm³/mol. The summed E-state index contributed by atoms with van der Waals surface area (Å²) in [6, 6.07) is 8.24. The molecule has 1 heterocycles. The zero-order chi connectivity index (χ0) is 9.97. The molecule has 0 unspecified atom stereocenters. The number of aryl methyl sites for hydroxylation is 1. The van der Waals surface area contributed by atoms with Gasteiger partial charge < -0.3 is 9.88 Å². The second kappa shape index (κ2) is 3.54. The number of hydrogen-bond acceptors (Lipinski definition) is 2. The second-order valence-corrected chi connectivity index (χ2v) is 3.26.